The molecule has 0 radical (unpaired) electrons. The zero-order valence-corrected chi connectivity index (χ0v) is 13.6. The van der Waals surface area contributed by atoms with Gasteiger partial charge in [-0.1, -0.05) is 37.3 Å². The Hall–Kier alpha value is -3.15. The molecular formula is C18H19N3O3. The van der Waals surface area contributed by atoms with Crippen molar-refractivity contribution in [2.24, 2.45) is 5.10 Å². The average Bonchev–Trinajstić information content (AvgIpc) is 2.62. The summed E-state index contributed by atoms with van der Waals surface area (Å²) in [5, 5.41) is 6.36. The SMILES string of the molecule is CCc1ccccc1NC(=O)C(=O)N/N=C/c1cccc(OC)c1. The Labute approximate surface area is 140 Å². The Morgan fingerprint density at radius 3 is 2.67 bits per heavy atom. The van der Waals surface area contributed by atoms with Crippen molar-refractivity contribution in [3.8, 4) is 5.75 Å². The van der Waals surface area contributed by atoms with E-state index in [1.54, 1.807) is 43.5 Å². The van der Waals surface area contributed by atoms with Gasteiger partial charge in [0, 0.05) is 5.69 Å². The molecule has 0 heterocycles. The summed E-state index contributed by atoms with van der Waals surface area (Å²) in [5.41, 5.74) is 4.52. The minimum atomic E-state index is -0.833. The zero-order chi connectivity index (χ0) is 17.4. The molecule has 0 unspecified atom stereocenters. The highest BCUT2D eigenvalue weighted by molar-refractivity contribution is 6.39. The number of ether oxygens (including phenoxy) is 1. The minimum absolute atomic E-state index is 0.622. The number of hydrogen-bond acceptors (Lipinski definition) is 4. The molecular weight excluding hydrogens is 306 g/mol. The predicted octanol–water partition coefficient (Wildman–Crippen LogP) is 2.35. The fourth-order valence-electron chi connectivity index (χ4n) is 2.07. The van der Waals surface area contributed by atoms with Crippen LogP contribution in [0.2, 0.25) is 0 Å². The van der Waals surface area contributed by atoms with Crippen LogP contribution >= 0.6 is 0 Å². The van der Waals surface area contributed by atoms with Gasteiger partial charge in [0.15, 0.2) is 0 Å². The molecule has 0 aliphatic carbocycles. The first kappa shape index (κ1) is 17.2. The van der Waals surface area contributed by atoms with Gasteiger partial charge in [0.25, 0.3) is 0 Å². The van der Waals surface area contributed by atoms with Crippen molar-refractivity contribution in [3.63, 3.8) is 0 Å². The number of rotatable bonds is 5. The molecule has 0 bridgehead atoms. The van der Waals surface area contributed by atoms with Crippen molar-refractivity contribution in [2.75, 3.05) is 12.4 Å². The molecule has 2 amide bonds. The van der Waals surface area contributed by atoms with E-state index in [1.807, 2.05) is 19.1 Å². The van der Waals surface area contributed by atoms with Gasteiger partial charge in [0.2, 0.25) is 0 Å². The van der Waals surface area contributed by atoms with Crippen molar-refractivity contribution < 1.29 is 14.3 Å². The first-order valence-electron chi connectivity index (χ1n) is 7.50. The van der Waals surface area contributed by atoms with Crippen molar-refractivity contribution in [2.45, 2.75) is 13.3 Å². The number of benzene rings is 2. The summed E-state index contributed by atoms with van der Waals surface area (Å²) in [6.07, 6.45) is 2.19. The monoisotopic (exact) mass is 325 g/mol. The number of anilines is 1. The van der Waals surface area contributed by atoms with Crippen LogP contribution in [0, 0.1) is 0 Å². The average molecular weight is 325 g/mol. The van der Waals surface area contributed by atoms with E-state index in [-0.39, 0.29) is 0 Å². The predicted molar refractivity (Wildman–Crippen MR) is 93.2 cm³/mol. The lowest BCUT2D eigenvalue weighted by Crippen LogP contribution is -2.32. The maximum atomic E-state index is 11.9. The number of carbonyl (C=O) groups excluding carboxylic acids is 2. The topological polar surface area (TPSA) is 79.8 Å². The second-order valence-corrected chi connectivity index (χ2v) is 4.94. The molecule has 0 aromatic heterocycles. The third-order valence-corrected chi connectivity index (χ3v) is 3.33. The maximum absolute atomic E-state index is 11.9. The van der Waals surface area contributed by atoms with E-state index in [2.05, 4.69) is 15.8 Å². The molecule has 0 saturated heterocycles. The summed E-state index contributed by atoms with van der Waals surface area (Å²) >= 11 is 0. The van der Waals surface area contributed by atoms with E-state index < -0.39 is 11.8 Å². The van der Waals surface area contributed by atoms with Gasteiger partial charge in [-0.15, -0.1) is 0 Å². The van der Waals surface area contributed by atoms with Crippen molar-refractivity contribution in [1.29, 1.82) is 0 Å². The van der Waals surface area contributed by atoms with E-state index in [1.165, 1.54) is 6.21 Å². The van der Waals surface area contributed by atoms with Crippen molar-refractivity contribution in [3.05, 3.63) is 59.7 Å². The molecule has 0 saturated carbocycles. The van der Waals surface area contributed by atoms with Gasteiger partial charge >= 0.3 is 11.8 Å². The van der Waals surface area contributed by atoms with Crippen LogP contribution in [-0.4, -0.2) is 25.1 Å². The first-order valence-corrected chi connectivity index (χ1v) is 7.50. The molecule has 0 atom stereocenters. The van der Waals surface area contributed by atoms with E-state index in [0.717, 1.165) is 17.5 Å². The number of hydrazone groups is 1. The van der Waals surface area contributed by atoms with Crippen LogP contribution in [0.4, 0.5) is 5.69 Å². The largest absolute Gasteiger partial charge is 0.497 e. The fraction of sp³-hybridized carbons (Fsp3) is 0.167. The number of hydrogen-bond donors (Lipinski definition) is 2. The summed E-state index contributed by atoms with van der Waals surface area (Å²) in [6.45, 7) is 1.98. The van der Waals surface area contributed by atoms with Crippen LogP contribution in [0.1, 0.15) is 18.1 Å². The Morgan fingerprint density at radius 1 is 1.12 bits per heavy atom. The van der Waals surface area contributed by atoms with E-state index in [0.29, 0.717) is 11.4 Å². The quantitative estimate of drug-likeness (QED) is 0.503. The molecule has 0 spiro atoms. The Balaban J connectivity index is 1.94. The maximum Gasteiger partial charge on any atom is 0.329 e. The van der Waals surface area contributed by atoms with E-state index >= 15 is 0 Å². The Bertz CT molecular complexity index is 757. The molecule has 0 aliphatic heterocycles. The summed E-state index contributed by atoms with van der Waals surface area (Å²) < 4.78 is 5.10. The van der Waals surface area contributed by atoms with Gasteiger partial charge in [-0.05, 0) is 35.7 Å². The summed E-state index contributed by atoms with van der Waals surface area (Å²) in [4.78, 5) is 23.7. The normalized spacial score (nSPS) is 10.4. The molecule has 2 rings (SSSR count). The van der Waals surface area contributed by atoms with Gasteiger partial charge in [-0.25, -0.2) is 5.43 Å². The first-order chi connectivity index (χ1) is 11.6. The highest BCUT2D eigenvalue weighted by Gasteiger charge is 2.14. The summed E-state index contributed by atoms with van der Waals surface area (Å²) in [6, 6.07) is 14.5. The standard InChI is InChI=1S/C18H19N3O3/c1-3-14-8-4-5-10-16(14)20-17(22)18(23)21-19-12-13-7-6-9-15(11-13)24-2/h4-12H,3H2,1-2H3,(H,20,22)(H,21,23)/b19-12+. The number of carbonyl (C=O) groups is 2. The molecule has 2 N–H and O–H groups in total. The fourth-order valence-corrected chi connectivity index (χ4v) is 2.07. The third-order valence-electron chi connectivity index (χ3n) is 3.33. The molecule has 6 nitrogen and oxygen atoms in total. The van der Waals surface area contributed by atoms with Crippen LogP contribution in [0.5, 0.6) is 5.75 Å². The van der Waals surface area contributed by atoms with Crippen LogP contribution in [0.25, 0.3) is 0 Å². The second-order valence-electron chi connectivity index (χ2n) is 4.94. The molecule has 24 heavy (non-hydrogen) atoms. The van der Waals surface area contributed by atoms with Gasteiger partial charge < -0.3 is 10.1 Å². The van der Waals surface area contributed by atoms with Gasteiger partial charge in [-0.3, -0.25) is 9.59 Å². The summed E-state index contributed by atoms with van der Waals surface area (Å²) in [7, 11) is 1.57. The molecule has 2 aromatic carbocycles. The molecule has 6 heteroatoms. The van der Waals surface area contributed by atoms with Gasteiger partial charge in [0.1, 0.15) is 5.75 Å². The van der Waals surface area contributed by atoms with Crippen LogP contribution in [0.3, 0.4) is 0 Å². The number of methoxy groups -OCH3 is 1. The lowest BCUT2D eigenvalue weighted by Gasteiger charge is -2.08. The van der Waals surface area contributed by atoms with Crippen molar-refractivity contribution in [1.82, 2.24) is 5.43 Å². The minimum Gasteiger partial charge on any atom is -0.497 e. The molecule has 0 aliphatic rings. The third kappa shape index (κ3) is 4.67. The number of para-hydroxylation sites is 1. The van der Waals surface area contributed by atoms with Crippen molar-refractivity contribution >= 4 is 23.7 Å². The highest BCUT2D eigenvalue weighted by atomic mass is 16.5. The lowest BCUT2D eigenvalue weighted by molar-refractivity contribution is -0.136. The van der Waals surface area contributed by atoms with E-state index in [9.17, 15) is 9.59 Å². The number of nitrogens with zero attached hydrogens (tertiary/aromatic N) is 1. The number of aryl methyl sites for hydroxylation is 1. The van der Waals surface area contributed by atoms with Crippen LogP contribution in [0.15, 0.2) is 53.6 Å². The molecule has 124 valence electrons. The second kappa shape index (κ2) is 8.47. The van der Waals surface area contributed by atoms with E-state index in [4.69, 9.17) is 4.74 Å². The van der Waals surface area contributed by atoms with Crippen LogP contribution < -0.4 is 15.5 Å². The molecule has 0 fully saturated rings. The van der Waals surface area contributed by atoms with Gasteiger partial charge in [-0.2, -0.15) is 5.10 Å². The number of amides is 2. The van der Waals surface area contributed by atoms with Gasteiger partial charge in [0.05, 0.1) is 13.3 Å². The number of nitrogens with one attached hydrogen (secondary N) is 2. The smallest absolute Gasteiger partial charge is 0.329 e. The summed E-state index contributed by atoms with van der Waals surface area (Å²) in [5.74, 6) is -0.919. The lowest BCUT2D eigenvalue weighted by atomic mass is 10.1. The Kier molecular flexibility index (Phi) is 6.08. The Morgan fingerprint density at radius 2 is 1.92 bits per heavy atom. The zero-order valence-electron chi connectivity index (χ0n) is 13.6. The highest BCUT2D eigenvalue weighted by Crippen LogP contribution is 2.15. The molecule has 2 aromatic rings. The van der Waals surface area contributed by atoms with Crippen LogP contribution in [-0.2, 0) is 16.0 Å².